The molecule has 0 heterocycles. The zero-order valence-electron chi connectivity index (χ0n) is 20.3. The first kappa shape index (κ1) is 23.0. The summed E-state index contributed by atoms with van der Waals surface area (Å²) in [6.07, 6.45) is 5.97. The van der Waals surface area contributed by atoms with E-state index < -0.39 is 0 Å². The topological polar surface area (TPSA) is 101 Å². The molecule has 0 radical (unpaired) electrons. The van der Waals surface area contributed by atoms with Gasteiger partial charge in [-0.3, -0.25) is 0 Å². The summed E-state index contributed by atoms with van der Waals surface area (Å²) in [5.41, 5.74) is 12.3. The van der Waals surface area contributed by atoms with Crippen molar-refractivity contribution in [1.29, 1.82) is 0 Å². The monoisotopic (exact) mass is 433 g/mol. The highest BCUT2D eigenvalue weighted by Crippen LogP contribution is 2.68. The minimum Gasteiger partial charge on any atom is -0.411 e. The van der Waals surface area contributed by atoms with Crippen molar-refractivity contribution in [3.8, 4) is 0 Å². The Balaban J connectivity index is 1.17. The van der Waals surface area contributed by atoms with E-state index in [0.717, 1.165) is 74.9 Å². The number of hydrogen-bond acceptors (Lipinski definition) is 7. The SMILES string of the molecule is CC1(C)[C@@H]2C/C(=N\O)[C@](C)(CCNNNCC[C@]3(C)C[C@H]4[C@@H](C/C3=N\O)C4(C)C)C[C@@H]21. The first-order valence-corrected chi connectivity index (χ1v) is 12.1. The maximum Gasteiger partial charge on any atom is 0.0633 e. The van der Waals surface area contributed by atoms with E-state index >= 15 is 0 Å². The minimum absolute atomic E-state index is 0.0337. The molecule has 0 bridgehead atoms. The second-order valence-electron chi connectivity index (χ2n) is 12.6. The number of hydrazine groups is 2. The first-order valence-electron chi connectivity index (χ1n) is 12.1. The van der Waals surface area contributed by atoms with E-state index in [0.29, 0.717) is 22.7 Å². The molecular weight excluding hydrogens is 390 g/mol. The molecule has 0 aliphatic heterocycles. The van der Waals surface area contributed by atoms with Gasteiger partial charge in [0.05, 0.1) is 11.4 Å². The van der Waals surface area contributed by atoms with Gasteiger partial charge in [-0.1, -0.05) is 51.9 Å². The summed E-state index contributed by atoms with van der Waals surface area (Å²) in [5.74, 6) is 2.88. The molecule has 4 fully saturated rings. The van der Waals surface area contributed by atoms with Gasteiger partial charge in [0, 0.05) is 23.9 Å². The van der Waals surface area contributed by atoms with Gasteiger partial charge in [-0.2, -0.15) is 5.53 Å². The van der Waals surface area contributed by atoms with E-state index in [-0.39, 0.29) is 10.8 Å². The van der Waals surface area contributed by atoms with Crippen LogP contribution in [0.15, 0.2) is 10.3 Å². The van der Waals surface area contributed by atoms with E-state index in [1.165, 1.54) is 0 Å². The molecule has 7 nitrogen and oxygen atoms in total. The molecule has 0 aromatic heterocycles. The predicted molar refractivity (Wildman–Crippen MR) is 123 cm³/mol. The van der Waals surface area contributed by atoms with Crippen molar-refractivity contribution in [3.05, 3.63) is 0 Å². The van der Waals surface area contributed by atoms with Gasteiger partial charge < -0.3 is 10.4 Å². The maximum atomic E-state index is 9.56. The van der Waals surface area contributed by atoms with Crippen molar-refractivity contribution in [2.24, 2.45) is 55.6 Å². The van der Waals surface area contributed by atoms with E-state index in [4.69, 9.17) is 0 Å². The molecule has 4 aliphatic rings. The van der Waals surface area contributed by atoms with Gasteiger partial charge in [-0.25, -0.2) is 10.9 Å². The van der Waals surface area contributed by atoms with Crippen LogP contribution >= 0.6 is 0 Å². The number of oxime groups is 2. The predicted octanol–water partition coefficient (Wildman–Crippen LogP) is 4.17. The average molecular weight is 434 g/mol. The molecule has 0 amide bonds. The van der Waals surface area contributed by atoms with Crippen molar-refractivity contribution < 1.29 is 10.4 Å². The van der Waals surface area contributed by atoms with Crippen molar-refractivity contribution in [3.63, 3.8) is 0 Å². The Morgan fingerprint density at radius 3 is 1.45 bits per heavy atom. The van der Waals surface area contributed by atoms with Gasteiger partial charge in [0.2, 0.25) is 0 Å². The van der Waals surface area contributed by atoms with E-state index in [1.807, 2.05) is 0 Å². The van der Waals surface area contributed by atoms with Gasteiger partial charge in [0.25, 0.3) is 0 Å². The standard InChI is InChI=1S/C24H43N5O2/c1-21(2)15-11-19(27-30)23(5,13-17(15)21)7-9-25-29-26-10-8-24(6)14-18-16(22(18,3)4)12-20(24)28-31/h15-18,25-26,29-31H,7-14H2,1-6H3/b27-19+,28-20+/t15-,16-,17+,18+,23-,24-/m1/s1. The van der Waals surface area contributed by atoms with Gasteiger partial charge >= 0.3 is 0 Å². The molecule has 0 saturated heterocycles. The summed E-state index contributed by atoms with van der Waals surface area (Å²) in [5, 5.41) is 26.5. The van der Waals surface area contributed by atoms with Gasteiger partial charge in [-0.05, 0) is 73.0 Å². The van der Waals surface area contributed by atoms with E-state index in [9.17, 15) is 10.4 Å². The third-order valence-electron chi connectivity index (χ3n) is 10.2. The molecule has 4 rings (SSSR count). The highest BCUT2D eigenvalue weighted by Gasteiger charge is 2.64. The lowest BCUT2D eigenvalue weighted by Crippen LogP contribution is -2.47. The zero-order chi connectivity index (χ0) is 22.7. The molecule has 0 spiro atoms. The average Bonchev–Trinajstić information content (AvgIpc) is 3.45. The Kier molecular flexibility index (Phi) is 5.71. The Hall–Kier alpha value is -1.18. The lowest BCUT2D eigenvalue weighted by atomic mass is 9.72. The fourth-order valence-electron chi connectivity index (χ4n) is 7.13. The Bertz CT molecular complexity index is 701. The highest BCUT2D eigenvalue weighted by molar-refractivity contribution is 5.91. The molecule has 0 aromatic rings. The zero-order valence-corrected chi connectivity index (χ0v) is 20.3. The molecule has 6 atom stereocenters. The fraction of sp³-hybridized carbons (Fsp3) is 0.917. The lowest BCUT2D eigenvalue weighted by molar-refractivity contribution is 0.261. The molecule has 5 N–H and O–H groups in total. The fourth-order valence-corrected chi connectivity index (χ4v) is 7.13. The minimum atomic E-state index is -0.0337. The third kappa shape index (κ3) is 3.91. The quantitative estimate of drug-likeness (QED) is 0.225. The van der Waals surface area contributed by atoms with Crippen LogP contribution in [0.2, 0.25) is 0 Å². The molecule has 4 saturated carbocycles. The molecule has 0 unspecified atom stereocenters. The van der Waals surface area contributed by atoms with Crippen molar-refractivity contribution >= 4 is 11.4 Å². The lowest BCUT2D eigenvalue weighted by Gasteiger charge is -2.34. The van der Waals surface area contributed by atoms with Crippen LogP contribution in [0.5, 0.6) is 0 Å². The second-order valence-corrected chi connectivity index (χ2v) is 12.6. The van der Waals surface area contributed by atoms with Gasteiger partial charge in [0.1, 0.15) is 0 Å². The number of fused-ring (bicyclic) bond motifs is 2. The molecule has 176 valence electrons. The summed E-state index contributed by atoms with van der Waals surface area (Å²) in [6.45, 7) is 15.5. The van der Waals surface area contributed by atoms with Crippen LogP contribution in [0.4, 0.5) is 0 Å². The van der Waals surface area contributed by atoms with E-state index in [2.05, 4.69) is 68.2 Å². The second kappa shape index (κ2) is 7.70. The molecule has 31 heavy (non-hydrogen) atoms. The first-order chi connectivity index (χ1) is 14.5. The van der Waals surface area contributed by atoms with Crippen LogP contribution in [0.25, 0.3) is 0 Å². The molecule has 7 heteroatoms. The summed E-state index contributed by atoms with van der Waals surface area (Å²) in [6, 6.07) is 0. The Labute approximate surface area is 187 Å². The Morgan fingerprint density at radius 1 is 0.710 bits per heavy atom. The van der Waals surface area contributed by atoms with Crippen LogP contribution in [-0.2, 0) is 0 Å². The number of hydrogen-bond donors (Lipinski definition) is 5. The normalized spacial score (nSPS) is 44.7. The van der Waals surface area contributed by atoms with Crippen molar-refractivity contribution in [2.45, 2.75) is 80.1 Å². The summed E-state index contributed by atoms with van der Waals surface area (Å²) in [7, 11) is 0. The van der Waals surface area contributed by atoms with Crippen molar-refractivity contribution in [2.75, 3.05) is 13.1 Å². The summed E-state index contributed by atoms with van der Waals surface area (Å²) in [4.78, 5) is 0. The third-order valence-corrected chi connectivity index (χ3v) is 10.2. The largest absolute Gasteiger partial charge is 0.411 e. The Morgan fingerprint density at radius 2 is 1.10 bits per heavy atom. The number of nitrogens with zero attached hydrogens (tertiary/aromatic N) is 2. The van der Waals surface area contributed by atoms with Crippen LogP contribution in [0, 0.1) is 45.3 Å². The van der Waals surface area contributed by atoms with Crippen molar-refractivity contribution in [1.82, 2.24) is 16.4 Å². The number of rotatable bonds is 8. The summed E-state index contributed by atoms with van der Waals surface area (Å²) >= 11 is 0. The number of nitrogens with one attached hydrogen (secondary N) is 3. The van der Waals surface area contributed by atoms with Crippen LogP contribution in [0.3, 0.4) is 0 Å². The van der Waals surface area contributed by atoms with Crippen LogP contribution < -0.4 is 16.4 Å². The van der Waals surface area contributed by atoms with Crippen LogP contribution in [0.1, 0.15) is 80.1 Å². The molecular formula is C24H43N5O2. The van der Waals surface area contributed by atoms with Crippen LogP contribution in [-0.4, -0.2) is 34.9 Å². The molecule has 4 aliphatic carbocycles. The smallest absolute Gasteiger partial charge is 0.0633 e. The summed E-state index contributed by atoms with van der Waals surface area (Å²) < 4.78 is 0. The van der Waals surface area contributed by atoms with Gasteiger partial charge in [-0.15, -0.1) is 0 Å². The van der Waals surface area contributed by atoms with Gasteiger partial charge in [0.15, 0.2) is 0 Å². The highest BCUT2D eigenvalue weighted by atomic mass is 16.4. The maximum absolute atomic E-state index is 9.56. The van der Waals surface area contributed by atoms with E-state index in [1.54, 1.807) is 0 Å². The molecule has 0 aromatic carbocycles.